The molecule has 10 heavy (non-hydrogen) atoms. The fourth-order valence-corrected chi connectivity index (χ4v) is 1.52. The maximum atomic E-state index is 6.99. The van der Waals surface area contributed by atoms with Crippen LogP contribution in [0.2, 0.25) is 10.2 Å². The van der Waals surface area contributed by atoms with Crippen LogP contribution < -0.4 is 5.73 Å². The Morgan fingerprint density at radius 2 is 2.20 bits per heavy atom. The highest BCUT2D eigenvalue weighted by atomic mass is 35.5. The van der Waals surface area contributed by atoms with Gasteiger partial charge in [0.2, 0.25) is 0 Å². The first-order valence-electron chi connectivity index (χ1n) is 2.28. The van der Waals surface area contributed by atoms with E-state index < -0.39 is 0 Å². The van der Waals surface area contributed by atoms with Gasteiger partial charge >= 0.3 is 0 Å². The largest absolute Gasteiger partial charge is 0.383 e. The summed E-state index contributed by atoms with van der Waals surface area (Å²) >= 11 is 12.1. The van der Waals surface area contributed by atoms with Crippen molar-refractivity contribution in [1.29, 1.82) is 5.41 Å². The number of hydrogen-bond donors (Lipinski definition) is 2. The quantitative estimate of drug-likeness (QED) is 0.530. The van der Waals surface area contributed by atoms with Gasteiger partial charge in [0, 0.05) is 0 Å². The smallest absolute Gasteiger partial charge is 0.162 e. The number of amidine groups is 1. The topological polar surface area (TPSA) is 62.8 Å². The van der Waals surface area contributed by atoms with Gasteiger partial charge in [-0.15, -0.1) is 0 Å². The number of nitrogen functional groups attached to an aromatic ring is 1. The van der Waals surface area contributed by atoms with Crippen molar-refractivity contribution in [3.63, 3.8) is 0 Å². The third-order valence-electron chi connectivity index (χ3n) is 0.842. The molecule has 1 rings (SSSR count). The average Bonchev–Trinajstić information content (AvgIpc) is 2.14. The first-order valence-corrected chi connectivity index (χ1v) is 3.81. The standard InChI is InChI=1S/C4H3Cl2N3S/c5-1-2(4(7)8)10-9-3(1)6/h(H3,7,8). The van der Waals surface area contributed by atoms with Crippen LogP contribution in [0, 0.1) is 5.41 Å². The van der Waals surface area contributed by atoms with Crippen molar-refractivity contribution < 1.29 is 0 Å². The molecule has 0 saturated heterocycles. The molecule has 1 aromatic heterocycles. The van der Waals surface area contributed by atoms with E-state index in [9.17, 15) is 0 Å². The molecule has 0 aliphatic rings. The molecule has 1 aromatic rings. The lowest BCUT2D eigenvalue weighted by molar-refractivity contribution is 1.45. The Labute approximate surface area is 71.4 Å². The molecule has 0 amide bonds. The maximum absolute atomic E-state index is 6.99. The van der Waals surface area contributed by atoms with E-state index in [4.69, 9.17) is 34.3 Å². The minimum Gasteiger partial charge on any atom is -0.383 e. The second kappa shape index (κ2) is 2.74. The summed E-state index contributed by atoms with van der Waals surface area (Å²) in [6.07, 6.45) is 0. The molecule has 3 nitrogen and oxygen atoms in total. The molecular formula is C4H3Cl2N3S. The van der Waals surface area contributed by atoms with Gasteiger partial charge < -0.3 is 5.73 Å². The van der Waals surface area contributed by atoms with Gasteiger partial charge in [-0.25, -0.2) is 0 Å². The van der Waals surface area contributed by atoms with Crippen molar-refractivity contribution in [3.05, 3.63) is 15.1 Å². The summed E-state index contributed by atoms with van der Waals surface area (Å²) in [4.78, 5) is 0.423. The second-order valence-electron chi connectivity index (χ2n) is 1.53. The molecule has 0 aliphatic carbocycles. The molecule has 3 N–H and O–H groups in total. The van der Waals surface area contributed by atoms with Crippen LogP contribution in [0.3, 0.4) is 0 Å². The first kappa shape index (κ1) is 7.78. The summed E-state index contributed by atoms with van der Waals surface area (Å²) in [6.45, 7) is 0. The molecule has 1 heterocycles. The van der Waals surface area contributed by atoms with Crippen LogP contribution in [0.25, 0.3) is 0 Å². The summed E-state index contributed by atoms with van der Waals surface area (Å²) in [5, 5.41) is 7.46. The molecule has 0 unspecified atom stereocenters. The molecule has 0 aromatic carbocycles. The Hall–Kier alpha value is -0.320. The predicted octanol–water partition coefficient (Wildman–Crippen LogP) is 1.73. The van der Waals surface area contributed by atoms with Crippen LogP contribution in [-0.2, 0) is 0 Å². The van der Waals surface area contributed by atoms with Crippen LogP contribution in [-0.4, -0.2) is 10.2 Å². The zero-order valence-electron chi connectivity index (χ0n) is 4.69. The van der Waals surface area contributed by atoms with Gasteiger partial charge in [-0.05, 0) is 11.5 Å². The van der Waals surface area contributed by atoms with Crippen molar-refractivity contribution in [2.75, 3.05) is 0 Å². The molecule has 0 fully saturated rings. The van der Waals surface area contributed by atoms with Gasteiger partial charge in [-0.3, -0.25) is 5.41 Å². The molecular weight excluding hydrogens is 193 g/mol. The Morgan fingerprint density at radius 1 is 1.60 bits per heavy atom. The van der Waals surface area contributed by atoms with Gasteiger partial charge in [-0.1, -0.05) is 23.2 Å². The van der Waals surface area contributed by atoms with Crippen LogP contribution >= 0.6 is 34.7 Å². The highest BCUT2D eigenvalue weighted by Gasteiger charge is 2.10. The van der Waals surface area contributed by atoms with Crippen molar-refractivity contribution in [2.45, 2.75) is 0 Å². The molecule has 0 radical (unpaired) electrons. The van der Waals surface area contributed by atoms with Crippen molar-refractivity contribution >= 4 is 40.6 Å². The SMILES string of the molecule is N=C(N)c1snc(Cl)c1Cl. The zero-order chi connectivity index (χ0) is 7.72. The minimum absolute atomic E-state index is 0.102. The Bertz CT molecular complexity index is 269. The summed E-state index contributed by atoms with van der Waals surface area (Å²) in [7, 11) is 0. The van der Waals surface area contributed by atoms with Crippen LogP contribution in [0.15, 0.2) is 0 Å². The highest BCUT2D eigenvalue weighted by Crippen LogP contribution is 2.27. The fourth-order valence-electron chi connectivity index (χ4n) is 0.427. The summed E-state index contributed by atoms with van der Waals surface area (Å²) in [6, 6.07) is 0. The fraction of sp³-hybridized carbons (Fsp3) is 0. The molecule has 0 bridgehead atoms. The lowest BCUT2D eigenvalue weighted by Gasteiger charge is -1.88. The normalized spacial score (nSPS) is 9.80. The number of halogens is 2. The second-order valence-corrected chi connectivity index (χ2v) is 3.04. The average molecular weight is 196 g/mol. The molecule has 6 heteroatoms. The highest BCUT2D eigenvalue weighted by molar-refractivity contribution is 7.09. The van der Waals surface area contributed by atoms with E-state index in [0.717, 1.165) is 11.5 Å². The van der Waals surface area contributed by atoms with E-state index in [2.05, 4.69) is 4.37 Å². The third kappa shape index (κ3) is 1.23. The van der Waals surface area contributed by atoms with Crippen LogP contribution in [0.5, 0.6) is 0 Å². The Kier molecular flexibility index (Phi) is 2.13. The number of nitrogens with two attached hydrogens (primary N) is 1. The van der Waals surface area contributed by atoms with E-state index >= 15 is 0 Å². The molecule has 0 atom stereocenters. The number of nitrogens with one attached hydrogen (secondary N) is 1. The molecule has 0 spiro atoms. The van der Waals surface area contributed by atoms with E-state index in [1.807, 2.05) is 0 Å². The first-order chi connectivity index (χ1) is 4.63. The summed E-state index contributed by atoms with van der Waals surface area (Å²) < 4.78 is 3.69. The molecule has 0 aliphatic heterocycles. The lowest BCUT2D eigenvalue weighted by atomic mass is 10.5. The van der Waals surface area contributed by atoms with Crippen molar-refractivity contribution in [2.24, 2.45) is 5.73 Å². The van der Waals surface area contributed by atoms with Gasteiger partial charge in [0.05, 0.1) is 0 Å². The molecule has 0 saturated carbocycles. The van der Waals surface area contributed by atoms with E-state index in [1.54, 1.807) is 0 Å². The maximum Gasteiger partial charge on any atom is 0.162 e. The monoisotopic (exact) mass is 195 g/mol. The van der Waals surface area contributed by atoms with Gasteiger partial charge in [0.15, 0.2) is 5.15 Å². The number of nitrogens with zero attached hydrogens (tertiary/aromatic N) is 1. The van der Waals surface area contributed by atoms with E-state index in [0.29, 0.717) is 4.88 Å². The van der Waals surface area contributed by atoms with Crippen molar-refractivity contribution in [3.8, 4) is 0 Å². The Morgan fingerprint density at radius 3 is 2.40 bits per heavy atom. The van der Waals surface area contributed by atoms with Crippen LogP contribution in [0.1, 0.15) is 4.88 Å². The van der Waals surface area contributed by atoms with E-state index in [1.165, 1.54) is 0 Å². The van der Waals surface area contributed by atoms with Crippen molar-refractivity contribution in [1.82, 2.24) is 4.37 Å². The Balaban J connectivity index is 3.17. The van der Waals surface area contributed by atoms with Crippen LogP contribution in [0.4, 0.5) is 0 Å². The lowest BCUT2D eigenvalue weighted by Crippen LogP contribution is -2.09. The third-order valence-corrected chi connectivity index (χ3v) is 2.67. The van der Waals surface area contributed by atoms with Gasteiger partial charge in [-0.2, -0.15) is 4.37 Å². The predicted molar refractivity (Wildman–Crippen MR) is 43.2 cm³/mol. The number of aromatic nitrogens is 1. The number of hydrogen-bond acceptors (Lipinski definition) is 3. The minimum atomic E-state index is -0.102. The van der Waals surface area contributed by atoms with E-state index in [-0.39, 0.29) is 16.0 Å². The van der Waals surface area contributed by atoms with Gasteiger partial charge in [0.25, 0.3) is 0 Å². The summed E-state index contributed by atoms with van der Waals surface area (Å²) in [5.74, 6) is -0.102. The molecule has 54 valence electrons. The summed E-state index contributed by atoms with van der Waals surface area (Å²) in [5.41, 5.74) is 5.14. The number of rotatable bonds is 1. The zero-order valence-corrected chi connectivity index (χ0v) is 7.02. The van der Waals surface area contributed by atoms with Gasteiger partial charge in [0.1, 0.15) is 15.7 Å².